The van der Waals surface area contributed by atoms with Crippen LogP contribution < -0.4 is 4.72 Å². The van der Waals surface area contributed by atoms with Gasteiger partial charge in [-0.25, -0.2) is 18.1 Å². The predicted octanol–water partition coefficient (Wildman–Crippen LogP) is 3.71. The average molecular weight is 407 g/mol. The normalized spacial score (nSPS) is 12.9. The molecule has 3 aromatic rings. The number of rotatable bonds is 7. The second-order valence-corrected chi connectivity index (χ2v) is 8.24. The van der Waals surface area contributed by atoms with Gasteiger partial charge >= 0.3 is 0 Å². The highest BCUT2D eigenvalue weighted by Crippen LogP contribution is 2.22. The van der Waals surface area contributed by atoms with E-state index in [4.69, 9.17) is 16.0 Å². The highest BCUT2D eigenvalue weighted by atomic mass is 35.5. The molecule has 0 radical (unpaired) electrons. The zero-order chi connectivity index (χ0) is 19.4. The lowest BCUT2D eigenvalue weighted by atomic mass is 10.1. The lowest BCUT2D eigenvalue weighted by Crippen LogP contribution is -2.26. The summed E-state index contributed by atoms with van der Waals surface area (Å²) in [6.07, 6.45) is 0.952. The molecule has 0 spiro atoms. The average Bonchev–Trinajstić information content (AvgIpc) is 3.08. The van der Waals surface area contributed by atoms with E-state index in [9.17, 15) is 13.5 Å². The molecule has 0 fully saturated rings. The first-order valence-electron chi connectivity index (χ1n) is 8.31. The van der Waals surface area contributed by atoms with Crippen LogP contribution >= 0.6 is 11.6 Å². The van der Waals surface area contributed by atoms with Gasteiger partial charge in [0.15, 0.2) is 5.89 Å². The largest absolute Gasteiger partial charge is 0.449 e. The summed E-state index contributed by atoms with van der Waals surface area (Å²) in [6, 6.07) is 13.2. The zero-order valence-electron chi connectivity index (χ0n) is 14.6. The topological polar surface area (TPSA) is 92.4 Å². The van der Waals surface area contributed by atoms with Crippen LogP contribution in [0.2, 0.25) is 5.02 Å². The second kappa shape index (κ2) is 8.22. The Morgan fingerprint density at radius 3 is 2.59 bits per heavy atom. The predicted molar refractivity (Wildman–Crippen MR) is 103 cm³/mol. The minimum atomic E-state index is -3.67. The molecular formula is C19H19ClN2O4S. The number of aliphatic hydroxyl groups excluding tert-OH is 1. The SMILES string of the molecule is Cc1nc(-c2ccc(S(=O)(=O)NCC[C@H](O)c3cccc(Cl)c3)cc2)co1. The maximum Gasteiger partial charge on any atom is 0.240 e. The Labute approximate surface area is 162 Å². The summed E-state index contributed by atoms with van der Waals surface area (Å²) < 4.78 is 32.5. The van der Waals surface area contributed by atoms with E-state index in [0.29, 0.717) is 22.2 Å². The Hall–Kier alpha value is -2.19. The minimum Gasteiger partial charge on any atom is -0.449 e. The number of aromatic nitrogens is 1. The Morgan fingerprint density at radius 2 is 1.96 bits per heavy atom. The van der Waals surface area contributed by atoms with Gasteiger partial charge in [-0.05, 0) is 36.2 Å². The molecule has 0 saturated heterocycles. The minimum absolute atomic E-state index is 0.0975. The van der Waals surface area contributed by atoms with E-state index < -0.39 is 16.1 Å². The van der Waals surface area contributed by atoms with E-state index in [1.165, 1.54) is 18.4 Å². The van der Waals surface area contributed by atoms with Crippen LogP contribution in [0.4, 0.5) is 0 Å². The molecule has 0 bridgehead atoms. The van der Waals surface area contributed by atoms with Gasteiger partial charge in [-0.1, -0.05) is 35.9 Å². The van der Waals surface area contributed by atoms with Gasteiger partial charge in [-0.3, -0.25) is 0 Å². The molecule has 0 aliphatic rings. The monoisotopic (exact) mass is 406 g/mol. The van der Waals surface area contributed by atoms with Gasteiger partial charge in [-0.2, -0.15) is 0 Å². The van der Waals surface area contributed by atoms with Crippen molar-refractivity contribution in [2.75, 3.05) is 6.54 Å². The molecule has 0 amide bonds. The Bertz CT molecular complexity index is 1020. The highest BCUT2D eigenvalue weighted by Gasteiger charge is 2.16. The summed E-state index contributed by atoms with van der Waals surface area (Å²) in [5.74, 6) is 0.543. The van der Waals surface area contributed by atoms with Crippen LogP contribution in [0, 0.1) is 6.92 Å². The first kappa shape index (κ1) is 19.6. The van der Waals surface area contributed by atoms with E-state index in [2.05, 4.69) is 9.71 Å². The molecular weight excluding hydrogens is 388 g/mol. The molecule has 1 atom stereocenters. The summed E-state index contributed by atoms with van der Waals surface area (Å²) in [5, 5.41) is 10.7. The molecule has 142 valence electrons. The van der Waals surface area contributed by atoms with Crippen molar-refractivity contribution in [2.24, 2.45) is 0 Å². The molecule has 0 saturated carbocycles. The fraction of sp³-hybridized carbons (Fsp3) is 0.211. The summed E-state index contributed by atoms with van der Waals surface area (Å²) >= 11 is 5.90. The summed E-state index contributed by atoms with van der Waals surface area (Å²) in [7, 11) is -3.67. The smallest absolute Gasteiger partial charge is 0.240 e. The number of nitrogens with zero attached hydrogens (tertiary/aromatic N) is 1. The quantitative estimate of drug-likeness (QED) is 0.624. The molecule has 0 unspecified atom stereocenters. The number of aliphatic hydroxyl groups is 1. The summed E-state index contributed by atoms with van der Waals surface area (Å²) in [6.45, 7) is 1.84. The molecule has 1 heterocycles. The Balaban J connectivity index is 1.61. The van der Waals surface area contributed by atoms with Crippen LogP contribution in [0.15, 0.2) is 64.1 Å². The van der Waals surface area contributed by atoms with Crippen molar-refractivity contribution in [3.63, 3.8) is 0 Å². The Morgan fingerprint density at radius 1 is 1.22 bits per heavy atom. The number of sulfonamides is 1. The van der Waals surface area contributed by atoms with Gasteiger partial charge in [0, 0.05) is 24.1 Å². The van der Waals surface area contributed by atoms with Crippen LogP contribution in [0.25, 0.3) is 11.3 Å². The fourth-order valence-corrected chi connectivity index (χ4v) is 3.84. The first-order valence-corrected chi connectivity index (χ1v) is 10.2. The lowest BCUT2D eigenvalue weighted by molar-refractivity contribution is 0.169. The van der Waals surface area contributed by atoms with Crippen molar-refractivity contribution in [3.05, 3.63) is 71.3 Å². The molecule has 2 aromatic carbocycles. The van der Waals surface area contributed by atoms with Gasteiger partial charge in [0.25, 0.3) is 0 Å². The van der Waals surface area contributed by atoms with Crippen LogP contribution in [0.1, 0.15) is 24.0 Å². The number of nitrogens with one attached hydrogen (secondary N) is 1. The molecule has 1 aromatic heterocycles. The van der Waals surface area contributed by atoms with E-state index in [0.717, 1.165) is 5.56 Å². The number of aryl methyl sites for hydroxylation is 1. The van der Waals surface area contributed by atoms with Crippen molar-refractivity contribution >= 4 is 21.6 Å². The molecule has 8 heteroatoms. The fourth-order valence-electron chi connectivity index (χ4n) is 2.59. The molecule has 6 nitrogen and oxygen atoms in total. The van der Waals surface area contributed by atoms with Crippen molar-refractivity contribution in [3.8, 4) is 11.3 Å². The molecule has 0 aliphatic carbocycles. The van der Waals surface area contributed by atoms with E-state index in [1.807, 2.05) is 0 Å². The highest BCUT2D eigenvalue weighted by molar-refractivity contribution is 7.89. The van der Waals surface area contributed by atoms with E-state index >= 15 is 0 Å². The Kier molecular flexibility index (Phi) is 5.96. The molecule has 2 N–H and O–H groups in total. The number of benzene rings is 2. The van der Waals surface area contributed by atoms with Crippen molar-refractivity contribution in [2.45, 2.75) is 24.3 Å². The molecule has 3 rings (SSSR count). The molecule has 27 heavy (non-hydrogen) atoms. The van der Waals surface area contributed by atoms with Gasteiger partial charge in [0.05, 0.1) is 11.0 Å². The maximum absolute atomic E-state index is 12.4. The van der Waals surface area contributed by atoms with E-state index in [1.54, 1.807) is 43.3 Å². The van der Waals surface area contributed by atoms with Crippen LogP contribution in [0.5, 0.6) is 0 Å². The van der Waals surface area contributed by atoms with Crippen LogP contribution in [-0.2, 0) is 10.0 Å². The molecule has 0 aliphatic heterocycles. The lowest BCUT2D eigenvalue weighted by Gasteiger charge is -2.12. The number of oxazole rings is 1. The van der Waals surface area contributed by atoms with E-state index in [-0.39, 0.29) is 17.9 Å². The standard InChI is InChI=1S/C19H19ClN2O4S/c1-13-22-18(12-26-13)14-5-7-17(8-6-14)27(24,25)21-10-9-19(23)15-3-2-4-16(20)11-15/h2-8,11-12,19,21,23H,9-10H2,1H3/t19-/m0/s1. The first-order chi connectivity index (χ1) is 12.8. The maximum atomic E-state index is 12.4. The third-order valence-electron chi connectivity index (χ3n) is 4.02. The van der Waals surface area contributed by atoms with Crippen molar-refractivity contribution < 1.29 is 17.9 Å². The zero-order valence-corrected chi connectivity index (χ0v) is 16.2. The number of hydrogen-bond donors (Lipinski definition) is 2. The number of halogens is 1. The third-order valence-corrected chi connectivity index (χ3v) is 5.73. The van der Waals surface area contributed by atoms with Crippen LogP contribution in [-0.4, -0.2) is 25.1 Å². The van der Waals surface area contributed by atoms with Gasteiger partial charge in [-0.15, -0.1) is 0 Å². The van der Waals surface area contributed by atoms with Crippen LogP contribution in [0.3, 0.4) is 0 Å². The van der Waals surface area contributed by atoms with Gasteiger partial charge in [0.2, 0.25) is 10.0 Å². The third kappa shape index (κ3) is 4.95. The van der Waals surface area contributed by atoms with Gasteiger partial charge in [0.1, 0.15) is 12.0 Å². The van der Waals surface area contributed by atoms with Gasteiger partial charge < -0.3 is 9.52 Å². The second-order valence-electron chi connectivity index (χ2n) is 6.03. The number of hydrogen-bond acceptors (Lipinski definition) is 5. The van der Waals surface area contributed by atoms with Crippen molar-refractivity contribution in [1.29, 1.82) is 0 Å². The summed E-state index contributed by atoms with van der Waals surface area (Å²) in [5.41, 5.74) is 2.06. The van der Waals surface area contributed by atoms with Crippen molar-refractivity contribution in [1.82, 2.24) is 9.71 Å². The summed E-state index contributed by atoms with van der Waals surface area (Å²) in [4.78, 5) is 4.35.